The summed E-state index contributed by atoms with van der Waals surface area (Å²) in [6, 6.07) is 21.6. The topological polar surface area (TPSA) is 12.9 Å². The van der Waals surface area contributed by atoms with Crippen LogP contribution >= 0.6 is 0 Å². The molecule has 1 aromatic heterocycles. The Morgan fingerprint density at radius 1 is 0.880 bits per heavy atom. The summed E-state index contributed by atoms with van der Waals surface area (Å²) in [7, 11) is 0. The Kier molecular flexibility index (Phi) is 7.16. The number of benzene rings is 2. The van der Waals surface area contributed by atoms with E-state index in [1.54, 1.807) is 0 Å². The molecule has 0 bridgehead atoms. The molecule has 1 heteroatoms. The van der Waals surface area contributed by atoms with Crippen molar-refractivity contribution in [3.8, 4) is 22.3 Å². The Hall–Kier alpha value is -2.67. The Bertz CT molecular complexity index is 803. The van der Waals surface area contributed by atoms with Crippen molar-refractivity contribution in [2.45, 2.75) is 33.6 Å². The fourth-order valence-electron chi connectivity index (χ4n) is 2.82. The van der Waals surface area contributed by atoms with Gasteiger partial charge < -0.3 is 0 Å². The largest absolute Gasteiger partial charge is 0.261 e. The fourth-order valence-corrected chi connectivity index (χ4v) is 2.82. The van der Waals surface area contributed by atoms with Gasteiger partial charge in [0.05, 0.1) is 0 Å². The first kappa shape index (κ1) is 18.7. The molecule has 25 heavy (non-hydrogen) atoms. The van der Waals surface area contributed by atoms with E-state index in [-0.39, 0.29) is 0 Å². The Labute approximate surface area is 152 Å². The van der Waals surface area contributed by atoms with Crippen molar-refractivity contribution in [2.24, 2.45) is 0 Å². The highest BCUT2D eigenvalue weighted by molar-refractivity contribution is 5.84. The van der Waals surface area contributed by atoms with E-state index in [9.17, 15) is 0 Å². The van der Waals surface area contributed by atoms with Crippen LogP contribution in [0.5, 0.6) is 0 Å². The van der Waals surface area contributed by atoms with Crippen LogP contribution in [-0.4, -0.2) is 4.98 Å². The SMILES string of the molecule is C=CCc1cc(-c2ccc(CC)cc2-c2ccccc2)ccn1.CC. The number of rotatable bonds is 5. The van der Waals surface area contributed by atoms with Gasteiger partial charge in [-0.05, 0) is 46.4 Å². The van der Waals surface area contributed by atoms with Gasteiger partial charge in [-0.2, -0.15) is 0 Å². The van der Waals surface area contributed by atoms with Gasteiger partial charge in [0, 0.05) is 18.3 Å². The molecule has 1 nitrogen and oxygen atoms in total. The minimum absolute atomic E-state index is 0.793. The Morgan fingerprint density at radius 2 is 1.64 bits per heavy atom. The van der Waals surface area contributed by atoms with E-state index >= 15 is 0 Å². The second-order valence-electron chi connectivity index (χ2n) is 5.63. The quantitative estimate of drug-likeness (QED) is 0.473. The van der Waals surface area contributed by atoms with E-state index in [0.29, 0.717) is 0 Å². The molecule has 3 rings (SSSR count). The van der Waals surface area contributed by atoms with Gasteiger partial charge in [0.2, 0.25) is 0 Å². The lowest BCUT2D eigenvalue weighted by molar-refractivity contribution is 1.11. The lowest BCUT2D eigenvalue weighted by Crippen LogP contribution is -1.92. The Morgan fingerprint density at radius 3 is 2.32 bits per heavy atom. The van der Waals surface area contributed by atoms with E-state index in [4.69, 9.17) is 0 Å². The zero-order valence-corrected chi connectivity index (χ0v) is 15.5. The highest BCUT2D eigenvalue weighted by atomic mass is 14.7. The maximum Gasteiger partial charge on any atom is 0.0447 e. The van der Waals surface area contributed by atoms with Crippen LogP contribution < -0.4 is 0 Å². The zero-order chi connectivity index (χ0) is 18.1. The molecule has 1 heterocycles. The summed E-state index contributed by atoms with van der Waals surface area (Å²) in [4.78, 5) is 4.42. The smallest absolute Gasteiger partial charge is 0.0447 e. The average molecular weight is 329 g/mol. The van der Waals surface area contributed by atoms with Gasteiger partial charge >= 0.3 is 0 Å². The first-order chi connectivity index (χ1) is 12.3. The van der Waals surface area contributed by atoms with Crippen LogP contribution in [0.1, 0.15) is 32.0 Å². The molecule has 0 unspecified atom stereocenters. The molecule has 0 amide bonds. The molecule has 0 saturated carbocycles. The van der Waals surface area contributed by atoms with Crippen molar-refractivity contribution in [3.05, 3.63) is 90.8 Å². The lowest BCUT2D eigenvalue weighted by Gasteiger charge is -2.13. The normalized spacial score (nSPS) is 9.88. The van der Waals surface area contributed by atoms with Gasteiger partial charge in [-0.3, -0.25) is 4.98 Å². The van der Waals surface area contributed by atoms with Gasteiger partial charge in [-0.15, -0.1) is 6.58 Å². The highest BCUT2D eigenvalue weighted by Gasteiger charge is 2.09. The van der Waals surface area contributed by atoms with E-state index < -0.39 is 0 Å². The zero-order valence-electron chi connectivity index (χ0n) is 15.5. The number of allylic oxidation sites excluding steroid dienone is 1. The summed E-state index contributed by atoms with van der Waals surface area (Å²) >= 11 is 0. The summed E-state index contributed by atoms with van der Waals surface area (Å²) in [5.74, 6) is 0. The summed E-state index contributed by atoms with van der Waals surface area (Å²) in [5, 5.41) is 0. The molecule has 0 aliphatic heterocycles. The number of aryl methyl sites for hydroxylation is 1. The van der Waals surface area contributed by atoms with E-state index in [1.807, 2.05) is 26.1 Å². The summed E-state index contributed by atoms with van der Waals surface area (Å²) in [6.45, 7) is 10.00. The third-order valence-corrected chi connectivity index (χ3v) is 4.06. The van der Waals surface area contributed by atoms with Gasteiger partial charge in [0.1, 0.15) is 0 Å². The average Bonchev–Trinajstić information content (AvgIpc) is 2.70. The van der Waals surface area contributed by atoms with E-state index in [2.05, 4.69) is 79.2 Å². The van der Waals surface area contributed by atoms with Gasteiger partial charge in [-0.25, -0.2) is 0 Å². The van der Waals surface area contributed by atoms with E-state index in [1.165, 1.54) is 27.8 Å². The highest BCUT2D eigenvalue weighted by Crippen LogP contribution is 2.33. The maximum absolute atomic E-state index is 4.42. The number of nitrogens with zero attached hydrogens (tertiary/aromatic N) is 1. The molecule has 0 aliphatic rings. The second-order valence-corrected chi connectivity index (χ2v) is 5.63. The molecule has 128 valence electrons. The van der Waals surface area contributed by atoms with E-state index in [0.717, 1.165) is 18.5 Å². The van der Waals surface area contributed by atoms with Crippen LogP contribution in [0.25, 0.3) is 22.3 Å². The third-order valence-electron chi connectivity index (χ3n) is 4.06. The van der Waals surface area contributed by atoms with Crippen LogP contribution in [0.15, 0.2) is 79.5 Å². The summed E-state index contributed by atoms with van der Waals surface area (Å²) < 4.78 is 0. The van der Waals surface area contributed by atoms with Gasteiger partial charge in [0.25, 0.3) is 0 Å². The first-order valence-electron chi connectivity index (χ1n) is 9.06. The van der Waals surface area contributed by atoms with Crippen molar-refractivity contribution in [3.63, 3.8) is 0 Å². The van der Waals surface area contributed by atoms with Crippen LogP contribution in [0.2, 0.25) is 0 Å². The van der Waals surface area contributed by atoms with Gasteiger partial charge in [-0.1, -0.05) is 75.4 Å². The molecular formula is C24H27N. The third kappa shape index (κ3) is 4.67. The standard InChI is InChI=1S/C22H21N.C2H6/c1-3-8-20-16-19(13-14-23-20)21-12-11-17(4-2)15-22(21)18-9-6-5-7-10-18;1-2/h3,5-7,9-16H,1,4,8H2,2H3;1-2H3. The second kappa shape index (κ2) is 9.58. The predicted octanol–water partition coefficient (Wildman–Crippen LogP) is 6.73. The minimum Gasteiger partial charge on any atom is -0.261 e. The molecule has 0 radical (unpaired) electrons. The van der Waals surface area contributed by atoms with Crippen molar-refractivity contribution < 1.29 is 0 Å². The first-order valence-corrected chi connectivity index (χ1v) is 9.06. The van der Waals surface area contributed by atoms with Crippen LogP contribution in [0, 0.1) is 0 Å². The van der Waals surface area contributed by atoms with Crippen LogP contribution in [0.3, 0.4) is 0 Å². The lowest BCUT2D eigenvalue weighted by atomic mass is 9.92. The summed E-state index contributed by atoms with van der Waals surface area (Å²) in [6.07, 6.45) is 5.61. The molecule has 0 spiro atoms. The monoisotopic (exact) mass is 329 g/mol. The molecule has 0 saturated heterocycles. The van der Waals surface area contributed by atoms with Crippen LogP contribution in [0.4, 0.5) is 0 Å². The minimum atomic E-state index is 0.793. The molecule has 0 atom stereocenters. The van der Waals surface area contributed by atoms with Crippen molar-refractivity contribution >= 4 is 0 Å². The molecule has 0 N–H and O–H groups in total. The van der Waals surface area contributed by atoms with Crippen molar-refractivity contribution in [2.75, 3.05) is 0 Å². The number of aromatic nitrogens is 1. The summed E-state index contributed by atoms with van der Waals surface area (Å²) in [5.41, 5.74) is 7.39. The Balaban J connectivity index is 0.00000109. The molecular weight excluding hydrogens is 302 g/mol. The predicted molar refractivity (Wildman–Crippen MR) is 110 cm³/mol. The fraction of sp³-hybridized carbons (Fsp3) is 0.208. The number of pyridine rings is 1. The van der Waals surface area contributed by atoms with Crippen molar-refractivity contribution in [1.29, 1.82) is 0 Å². The van der Waals surface area contributed by atoms with Crippen LogP contribution in [-0.2, 0) is 12.8 Å². The molecule has 0 fully saturated rings. The molecule has 0 aliphatic carbocycles. The number of hydrogen-bond acceptors (Lipinski definition) is 1. The molecule has 3 aromatic rings. The molecule has 2 aromatic carbocycles. The maximum atomic E-state index is 4.42. The van der Waals surface area contributed by atoms with Crippen molar-refractivity contribution in [1.82, 2.24) is 4.98 Å². The number of hydrogen-bond donors (Lipinski definition) is 0. The van der Waals surface area contributed by atoms with Gasteiger partial charge in [0.15, 0.2) is 0 Å².